The molecule has 2 aromatic rings. The van der Waals surface area contributed by atoms with Crippen LogP contribution in [0.1, 0.15) is 25.1 Å². The molecule has 0 radical (unpaired) electrons. The lowest BCUT2D eigenvalue weighted by molar-refractivity contribution is 0.0830. The fourth-order valence-electron chi connectivity index (χ4n) is 2.01. The lowest BCUT2D eigenvalue weighted by Gasteiger charge is -2.33. The molecule has 0 N–H and O–H groups in total. The van der Waals surface area contributed by atoms with E-state index >= 15 is 0 Å². The first-order valence-electron chi connectivity index (χ1n) is 5.46. The van der Waals surface area contributed by atoms with E-state index in [0.29, 0.717) is 5.75 Å². The molecule has 1 atom stereocenters. The van der Waals surface area contributed by atoms with E-state index in [4.69, 9.17) is 4.74 Å². The Hall–Kier alpha value is -1.49. The smallest absolute Gasteiger partial charge is 0.144 e. The summed E-state index contributed by atoms with van der Waals surface area (Å²) in [6.45, 7) is 4.02. The molecule has 1 aliphatic rings. The van der Waals surface area contributed by atoms with Crippen molar-refractivity contribution in [2.24, 2.45) is 0 Å². The van der Waals surface area contributed by atoms with Gasteiger partial charge in [0, 0.05) is 11.6 Å². The van der Waals surface area contributed by atoms with Crippen molar-refractivity contribution in [2.45, 2.75) is 25.9 Å². The molecule has 1 aliphatic heterocycles. The summed E-state index contributed by atoms with van der Waals surface area (Å²) in [5.41, 5.74) is 1.19. The van der Waals surface area contributed by atoms with Gasteiger partial charge in [-0.15, -0.1) is 5.10 Å². The van der Waals surface area contributed by atoms with Crippen molar-refractivity contribution in [2.75, 3.05) is 0 Å². The predicted molar refractivity (Wildman–Crippen MR) is 63.6 cm³/mol. The van der Waals surface area contributed by atoms with Gasteiger partial charge in [-0.1, -0.05) is 11.4 Å². The van der Waals surface area contributed by atoms with Crippen LogP contribution >= 0.6 is 11.5 Å². The Kier molecular flexibility index (Phi) is 2.19. The number of fused-ring (bicyclic) bond motifs is 3. The summed E-state index contributed by atoms with van der Waals surface area (Å²) >= 11 is 1.34. The molecule has 88 valence electrons. The summed E-state index contributed by atoms with van der Waals surface area (Å²) in [6, 6.07) is 4.52. The van der Waals surface area contributed by atoms with E-state index in [0.717, 1.165) is 22.6 Å². The third-order valence-corrected chi connectivity index (χ3v) is 4.15. The molecule has 0 aliphatic carbocycles. The maximum atomic E-state index is 13.2. The summed E-state index contributed by atoms with van der Waals surface area (Å²) in [5, 5.41) is 4.14. The van der Waals surface area contributed by atoms with Crippen LogP contribution in [0.4, 0.5) is 4.39 Å². The van der Waals surface area contributed by atoms with Crippen molar-refractivity contribution in [1.82, 2.24) is 9.59 Å². The van der Waals surface area contributed by atoms with E-state index in [2.05, 4.69) is 9.59 Å². The van der Waals surface area contributed by atoms with Gasteiger partial charge in [-0.25, -0.2) is 4.39 Å². The van der Waals surface area contributed by atoms with Crippen molar-refractivity contribution in [3.63, 3.8) is 0 Å². The fraction of sp³-hybridized carbons (Fsp3) is 0.333. The van der Waals surface area contributed by atoms with E-state index in [-0.39, 0.29) is 5.82 Å². The second-order valence-electron chi connectivity index (χ2n) is 4.28. The zero-order valence-electron chi connectivity index (χ0n) is 9.53. The van der Waals surface area contributed by atoms with Crippen molar-refractivity contribution < 1.29 is 9.13 Å². The Morgan fingerprint density at radius 2 is 2.29 bits per heavy atom. The van der Waals surface area contributed by atoms with Crippen molar-refractivity contribution in [3.8, 4) is 17.0 Å². The van der Waals surface area contributed by atoms with Crippen LogP contribution in [-0.2, 0) is 5.60 Å². The summed E-state index contributed by atoms with van der Waals surface area (Å²) < 4.78 is 23.1. The first kappa shape index (κ1) is 10.7. The van der Waals surface area contributed by atoms with Crippen LogP contribution in [-0.4, -0.2) is 9.59 Å². The molecule has 17 heavy (non-hydrogen) atoms. The van der Waals surface area contributed by atoms with Gasteiger partial charge in [0.15, 0.2) is 0 Å². The topological polar surface area (TPSA) is 35.0 Å². The van der Waals surface area contributed by atoms with Gasteiger partial charge < -0.3 is 4.74 Å². The average molecular weight is 250 g/mol. The average Bonchev–Trinajstić information content (AvgIpc) is 2.79. The molecule has 2 heterocycles. The maximum absolute atomic E-state index is 13.2. The van der Waals surface area contributed by atoms with Gasteiger partial charge in [0.05, 0.1) is 4.88 Å². The van der Waals surface area contributed by atoms with Gasteiger partial charge >= 0.3 is 0 Å². The SMILES string of the molecule is CCC1(C)Oc2cc(F)ccc2-c2nnsc21. The zero-order chi connectivity index (χ0) is 12.0. The van der Waals surface area contributed by atoms with Crippen LogP contribution in [0.15, 0.2) is 18.2 Å². The molecule has 3 rings (SSSR count). The number of hydrogen-bond donors (Lipinski definition) is 0. The Balaban J connectivity index is 2.26. The van der Waals surface area contributed by atoms with Gasteiger partial charge in [0.1, 0.15) is 22.9 Å². The highest BCUT2D eigenvalue weighted by Crippen LogP contribution is 2.47. The molecule has 1 aromatic heterocycles. The highest BCUT2D eigenvalue weighted by atomic mass is 32.1. The first-order chi connectivity index (χ1) is 8.14. The number of ether oxygens (including phenoxy) is 1. The third kappa shape index (κ3) is 1.45. The lowest BCUT2D eigenvalue weighted by Crippen LogP contribution is -2.31. The summed E-state index contributed by atoms with van der Waals surface area (Å²) in [6.07, 6.45) is 0.791. The first-order valence-corrected chi connectivity index (χ1v) is 6.23. The molecule has 1 unspecified atom stereocenters. The van der Waals surface area contributed by atoms with E-state index in [1.54, 1.807) is 6.07 Å². The minimum atomic E-state index is -0.454. The fourth-order valence-corrected chi connectivity index (χ4v) is 2.83. The molecule has 3 nitrogen and oxygen atoms in total. The highest BCUT2D eigenvalue weighted by molar-refractivity contribution is 7.06. The number of aromatic nitrogens is 2. The quantitative estimate of drug-likeness (QED) is 0.778. The van der Waals surface area contributed by atoms with Gasteiger partial charge in [0.25, 0.3) is 0 Å². The predicted octanol–water partition coefficient (Wildman–Crippen LogP) is 3.36. The summed E-state index contributed by atoms with van der Waals surface area (Å²) in [4.78, 5) is 1.01. The summed E-state index contributed by atoms with van der Waals surface area (Å²) in [7, 11) is 0. The van der Waals surface area contributed by atoms with E-state index in [9.17, 15) is 4.39 Å². The van der Waals surface area contributed by atoms with Gasteiger partial charge in [-0.2, -0.15) is 0 Å². The molecular formula is C12H11FN2OS. The molecule has 0 bridgehead atoms. The molecule has 0 amide bonds. The molecule has 5 heteroatoms. The van der Waals surface area contributed by atoms with Crippen molar-refractivity contribution >= 4 is 11.5 Å². The minimum absolute atomic E-state index is 0.297. The Morgan fingerprint density at radius 1 is 1.47 bits per heavy atom. The van der Waals surface area contributed by atoms with Gasteiger partial charge in [-0.3, -0.25) is 0 Å². The number of hydrogen-bond acceptors (Lipinski definition) is 4. The molecule has 0 saturated carbocycles. The van der Waals surface area contributed by atoms with Crippen LogP contribution in [0.25, 0.3) is 11.3 Å². The highest BCUT2D eigenvalue weighted by Gasteiger charge is 2.38. The molecule has 0 saturated heterocycles. The number of rotatable bonds is 1. The maximum Gasteiger partial charge on any atom is 0.144 e. The zero-order valence-corrected chi connectivity index (χ0v) is 10.3. The van der Waals surface area contributed by atoms with Gasteiger partial charge in [-0.05, 0) is 37.0 Å². The number of nitrogens with zero attached hydrogens (tertiary/aromatic N) is 2. The molecule has 1 aromatic carbocycles. The van der Waals surface area contributed by atoms with Gasteiger partial charge in [0.2, 0.25) is 0 Å². The molecular weight excluding hydrogens is 239 g/mol. The summed E-state index contributed by atoms with van der Waals surface area (Å²) in [5.74, 6) is 0.253. The normalized spacial score (nSPS) is 21.6. The second kappa shape index (κ2) is 3.50. The van der Waals surface area contributed by atoms with Crippen molar-refractivity contribution in [1.29, 1.82) is 0 Å². The lowest BCUT2D eigenvalue weighted by atomic mass is 9.93. The Morgan fingerprint density at radius 3 is 3.06 bits per heavy atom. The van der Waals surface area contributed by atoms with Crippen molar-refractivity contribution in [3.05, 3.63) is 28.9 Å². The monoisotopic (exact) mass is 250 g/mol. The second-order valence-corrected chi connectivity index (χ2v) is 5.03. The standard InChI is InChI=1S/C12H11FN2OS/c1-3-12(2)11-10(14-15-17-11)8-5-4-7(13)6-9(8)16-12/h4-6H,3H2,1-2H3. The van der Waals surface area contributed by atoms with Crippen LogP contribution in [0, 0.1) is 5.82 Å². The molecule has 0 fully saturated rings. The van der Waals surface area contributed by atoms with Crippen LogP contribution < -0.4 is 4.74 Å². The van der Waals surface area contributed by atoms with Crippen LogP contribution in [0.3, 0.4) is 0 Å². The largest absolute Gasteiger partial charge is 0.481 e. The Bertz CT molecular complexity index is 584. The number of benzene rings is 1. The number of halogens is 1. The van der Waals surface area contributed by atoms with E-state index in [1.165, 1.54) is 23.7 Å². The molecule has 0 spiro atoms. The van der Waals surface area contributed by atoms with E-state index in [1.807, 2.05) is 13.8 Å². The van der Waals surface area contributed by atoms with E-state index < -0.39 is 5.60 Å². The van der Waals surface area contributed by atoms with Crippen LogP contribution in [0.5, 0.6) is 5.75 Å². The Labute approximate surface area is 102 Å². The minimum Gasteiger partial charge on any atom is -0.481 e. The van der Waals surface area contributed by atoms with Crippen LogP contribution in [0.2, 0.25) is 0 Å². The third-order valence-electron chi connectivity index (χ3n) is 3.18.